The number of amides is 3. The van der Waals surface area contributed by atoms with Gasteiger partial charge in [0.05, 0.1) is 25.5 Å². The van der Waals surface area contributed by atoms with Gasteiger partial charge < -0.3 is 35.0 Å². The van der Waals surface area contributed by atoms with E-state index in [1.54, 1.807) is 5.48 Å². The number of benzene rings is 3. The van der Waals surface area contributed by atoms with Gasteiger partial charge >= 0.3 is 0 Å². The molecule has 0 unspecified atom stereocenters. The zero-order valence-electron chi connectivity index (χ0n) is 27.6. The van der Waals surface area contributed by atoms with Gasteiger partial charge in [-0.2, -0.15) is 0 Å². The molecule has 3 atom stereocenters. The minimum Gasteiger partial charge on any atom is -0.392 e. The first-order valence-corrected chi connectivity index (χ1v) is 17.0. The van der Waals surface area contributed by atoms with Gasteiger partial charge in [-0.25, -0.2) is 5.48 Å². The van der Waals surface area contributed by atoms with Crippen molar-refractivity contribution in [3.63, 3.8) is 0 Å². The molecule has 3 saturated heterocycles. The number of nitrogens with zero attached hydrogens (tertiary/aromatic N) is 2. The molecule has 3 heterocycles. The van der Waals surface area contributed by atoms with Crippen molar-refractivity contribution in [1.82, 2.24) is 15.7 Å². The van der Waals surface area contributed by atoms with Crippen LogP contribution in [0.3, 0.4) is 0 Å². The van der Waals surface area contributed by atoms with E-state index in [1.807, 2.05) is 66.7 Å². The van der Waals surface area contributed by atoms with Gasteiger partial charge in [0.1, 0.15) is 5.54 Å². The summed E-state index contributed by atoms with van der Waals surface area (Å²) in [5.74, 6) is -0.552. The Kier molecular flexibility index (Phi) is 11.2. The molecule has 0 aromatic heterocycles. The van der Waals surface area contributed by atoms with Crippen molar-refractivity contribution in [2.75, 3.05) is 36.5 Å². The van der Waals surface area contributed by atoms with E-state index in [9.17, 15) is 19.5 Å². The molecule has 0 bridgehead atoms. The lowest BCUT2D eigenvalue weighted by molar-refractivity contribution is -0.253. The van der Waals surface area contributed by atoms with E-state index < -0.39 is 17.7 Å². The van der Waals surface area contributed by atoms with E-state index in [0.717, 1.165) is 35.5 Å². The second-order valence-electron chi connectivity index (χ2n) is 13.0. The van der Waals surface area contributed by atoms with E-state index in [-0.39, 0.29) is 43.5 Å². The molecule has 3 amide bonds. The zero-order chi connectivity index (χ0) is 34.2. The summed E-state index contributed by atoms with van der Waals surface area (Å²) >= 11 is 0. The Balaban J connectivity index is 1.13. The largest absolute Gasteiger partial charge is 0.392 e. The molecule has 5 N–H and O–H groups in total. The Morgan fingerprint density at radius 3 is 2.35 bits per heavy atom. The average Bonchev–Trinajstić information content (AvgIpc) is 3.45. The second kappa shape index (κ2) is 15.9. The highest BCUT2D eigenvalue weighted by atomic mass is 16.7. The van der Waals surface area contributed by atoms with Crippen LogP contribution in [0.4, 0.5) is 11.4 Å². The van der Waals surface area contributed by atoms with Crippen LogP contribution in [0.5, 0.6) is 0 Å². The number of nitrogens with one attached hydrogen (secondary N) is 3. The summed E-state index contributed by atoms with van der Waals surface area (Å²) in [7, 11) is 0. The van der Waals surface area contributed by atoms with Crippen molar-refractivity contribution < 1.29 is 34.2 Å². The lowest BCUT2D eigenvalue weighted by Gasteiger charge is -2.45. The van der Waals surface area contributed by atoms with Crippen LogP contribution in [0.15, 0.2) is 78.9 Å². The van der Waals surface area contributed by atoms with Gasteiger partial charge in [0.25, 0.3) is 0 Å². The highest BCUT2D eigenvalue weighted by molar-refractivity contribution is 5.93. The minimum atomic E-state index is -0.680. The number of rotatable bonds is 12. The number of hydrogen-bond acceptors (Lipinski definition) is 9. The summed E-state index contributed by atoms with van der Waals surface area (Å²) in [5, 5.41) is 24.2. The SMILES string of the molecule is O=C(CCCCC(=O)Nc1cccc([C@H]2O[C@@H](CN3CCC4(CC3)C(=O)NCN4c3ccccc3)C[C@@H](c3ccc(CO)cc3)O2)c1)NO. The van der Waals surface area contributed by atoms with Crippen molar-refractivity contribution in [2.45, 2.75) is 75.6 Å². The molecule has 0 saturated carbocycles. The Bertz CT molecular complexity index is 1580. The average molecular weight is 672 g/mol. The molecule has 49 heavy (non-hydrogen) atoms. The topological polar surface area (TPSA) is 153 Å². The van der Waals surface area contributed by atoms with Crippen molar-refractivity contribution in [1.29, 1.82) is 0 Å². The molecule has 0 radical (unpaired) electrons. The third-order valence-corrected chi connectivity index (χ3v) is 9.79. The summed E-state index contributed by atoms with van der Waals surface area (Å²) in [4.78, 5) is 41.6. The molecule has 0 aliphatic carbocycles. The maximum Gasteiger partial charge on any atom is 0.247 e. The number of likely N-dealkylation sites (tertiary alicyclic amines) is 1. The van der Waals surface area contributed by atoms with Gasteiger partial charge in [-0.05, 0) is 61.1 Å². The van der Waals surface area contributed by atoms with Gasteiger partial charge in [-0.15, -0.1) is 0 Å². The van der Waals surface area contributed by atoms with Gasteiger partial charge in [0, 0.05) is 55.8 Å². The number of hydrogen-bond donors (Lipinski definition) is 5. The zero-order valence-corrected chi connectivity index (χ0v) is 27.6. The third-order valence-electron chi connectivity index (χ3n) is 9.79. The molecule has 260 valence electrons. The lowest BCUT2D eigenvalue weighted by atomic mass is 9.85. The van der Waals surface area contributed by atoms with E-state index >= 15 is 0 Å². The number of unbranched alkanes of at least 4 members (excludes halogenated alkanes) is 1. The molecule has 3 aromatic carbocycles. The van der Waals surface area contributed by atoms with Gasteiger partial charge in [-0.3, -0.25) is 19.6 Å². The van der Waals surface area contributed by atoms with E-state index in [4.69, 9.17) is 14.7 Å². The second-order valence-corrected chi connectivity index (χ2v) is 13.0. The molecule has 12 heteroatoms. The van der Waals surface area contributed by atoms with E-state index in [0.29, 0.717) is 51.0 Å². The number of hydroxylamine groups is 1. The third kappa shape index (κ3) is 8.28. The predicted molar refractivity (Wildman–Crippen MR) is 182 cm³/mol. The summed E-state index contributed by atoms with van der Waals surface area (Å²) in [6, 6.07) is 25.3. The minimum absolute atomic E-state index is 0.0349. The Morgan fingerprint density at radius 2 is 1.63 bits per heavy atom. The maximum atomic E-state index is 13.2. The van der Waals surface area contributed by atoms with Gasteiger partial charge in [0.2, 0.25) is 17.7 Å². The van der Waals surface area contributed by atoms with E-state index in [2.05, 4.69) is 32.6 Å². The van der Waals surface area contributed by atoms with Crippen LogP contribution in [0.25, 0.3) is 0 Å². The van der Waals surface area contributed by atoms with Crippen LogP contribution in [-0.4, -0.2) is 70.9 Å². The predicted octanol–water partition coefficient (Wildman–Crippen LogP) is 4.16. The molecule has 3 fully saturated rings. The maximum absolute atomic E-state index is 13.2. The smallest absolute Gasteiger partial charge is 0.247 e. The Morgan fingerprint density at radius 1 is 0.898 bits per heavy atom. The highest BCUT2D eigenvalue weighted by Gasteiger charge is 2.50. The standard InChI is InChI=1S/C37H45N5O7/c43-24-26-13-15-27(16-14-26)32-22-31(23-41-19-17-37(18-20-41)36(46)38-25-42(37)30-9-2-1-3-10-30)48-35(49-32)28-7-6-8-29(21-28)39-33(44)11-4-5-12-34(45)40-47/h1-3,6-10,13-16,21,31-32,35,43,47H,4-5,11-12,17-20,22-25H2,(H,38,46)(H,39,44)(H,40,45)/t31-,32+,35+/m1/s1. The van der Waals surface area contributed by atoms with Crippen LogP contribution in [-0.2, 0) is 30.5 Å². The first kappa shape index (κ1) is 34.5. The first-order chi connectivity index (χ1) is 23.9. The fourth-order valence-corrected chi connectivity index (χ4v) is 7.07. The quantitative estimate of drug-likeness (QED) is 0.109. The molecule has 3 aliphatic rings. The molecule has 3 aromatic rings. The number of aliphatic hydroxyl groups is 1. The number of para-hydroxylation sites is 1. The van der Waals surface area contributed by atoms with Crippen LogP contribution in [0.1, 0.15) is 74.0 Å². The molecule has 12 nitrogen and oxygen atoms in total. The normalized spacial score (nSPS) is 22.1. The number of piperidine rings is 1. The monoisotopic (exact) mass is 671 g/mol. The first-order valence-electron chi connectivity index (χ1n) is 17.0. The number of carbonyl (C=O) groups excluding carboxylic acids is 3. The summed E-state index contributed by atoms with van der Waals surface area (Å²) < 4.78 is 13.2. The van der Waals surface area contributed by atoms with Crippen molar-refractivity contribution in [2.24, 2.45) is 0 Å². The number of ether oxygens (including phenoxy) is 2. The molecular weight excluding hydrogens is 626 g/mol. The summed E-state index contributed by atoms with van der Waals surface area (Å²) in [6.45, 7) is 2.66. The van der Waals surface area contributed by atoms with Crippen LogP contribution in [0, 0.1) is 0 Å². The van der Waals surface area contributed by atoms with Crippen molar-refractivity contribution >= 4 is 29.1 Å². The number of anilines is 2. The summed E-state index contributed by atoms with van der Waals surface area (Å²) in [6.07, 6.45) is 2.36. The Hall–Kier alpha value is -4.33. The number of aliphatic hydroxyl groups excluding tert-OH is 1. The van der Waals surface area contributed by atoms with E-state index in [1.165, 1.54) is 0 Å². The van der Waals surface area contributed by atoms with Gasteiger partial charge in [-0.1, -0.05) is 54.6 Å². The summed E-state index contributed by atoms with van der Waals surface area (Å²) in [5.41, 5.74) is 5.30. The van der Waals surface area contributed by atoms with Crippen LogP contribution >= 0.6 is 0 Å². The number of carbonyl (C=O) groups is 3. The van der Waals surface area contributed by atoms with Gasteiger partial charge in [0.15, 0.2) is 6.29 Å². The molecule has 3 aliphatic heterocycles. The van der Waals surface area contributed by atoms with Crippen LogP contribution < -0.4 is 21.0 Å². The van der Waals surface area contributed by atoms with Crippen molar-refractivity contribution in [3.8, 4) is 0 Å². The fraction of sp³-hybridized carbons (Fsp3) is 0.432. The highest BCUT2D eigenvalue weighted by Crippen LogP contribution is 2.40. The fourth-order valence-electron chi connectivity index (χ4n) is 7.07. The Labute approximate surface area is 286 Å². The van der Waals surface area contributed by atoms with Crippen molar-refractivity contribution in [3.05, 3.63) is 95.6 Å². The van der Waals surface area contributed by atoms with Crippen LogP contribution in [0.2, 0.25) is 0 Å². The molecular formula is C37H45N5O7. The molecule has 1 spiro atoms. The molecule has 6 rings (SSSR count). The lowest BCUT2D eigenvalue weighted by Crippen LogP contribution is -2.57.